The van der Waals surface area contributed by atoms with Crippen molar-refractivity contribution in [1.82, 2.24) is 9.21 Å². The lowest BCUT2D eigenvalue weighted by molar-refractivity contribution is 0.128. The molecule has 1 heterocycles. The standard InChI is InChI=1S/C23H30N2O2S/c1-17-13-18(2)23(19(3)14-17)28(26,27)25-12-11-24(21-9-10-21)16-22(25)15-20-7-5-4-6-8-20/h4-8,13-14,21-22H,9-12,15-16H2,1-3H3. The van der Waals surface area contributed by atoms with Crippen LogP contribution in [-0.4, -0.2) is 49.3 Å². The first-order chi connectivity index (χ1) is 13.4. The summed E-state index contributed by atoms with van der Waals surface area (Å²) in [6.45, 7) is 8.08. The number of hydrogen-bond acceptors (Lipinski definition) is 3. The van der Waals surface area contributed by atoms with Gasteiger partial charge in [0.2, 0.25) is 10.0 Å². The topological polar surface area (TPSA) is 40.6 Å². The van der Waals surface area contributed by atoms with Gasteiger partial charge in [-0.25, -0.2) is 8.42 Å². The number of rotatable bonds is 5. The van der Waals surface area contributed by atoms with Gasteiger partial charge in [-0.15, -0.1) is 0 Å². The van der Waals surface area contributed by atoms with Gasteiger partial charge in [-0.1, -0.05) is 48.0 Å². The highest BCUT2D eigenvalue weighted by molar-refractivity contribution is 7.89. The summed E-state index contributed by atoms with van der Waals surface area (Å²) >= 11 is 0. The number of sulfonamides is 1. The third-order valence-electron chi connectivity index (χ3n) is 6.01. The molecule has 1 saturated carbocycles. The van der Waals surface area contributed by atoms with Gasteiger partial charge < -0.3 is 0 Å². The summed E-state index contributed by atoms with van der Waals surface area (Å²) in [5.41, 5.74) is 4.00. The van der Waals surface area contributed by atoms with Crippen LogP contribution in [0.1, 0.15) is 35.1 Å². The predicted molar refractivity (Wildman–Crippen MR) is 113 cm³/mol. The summed E-state index contributed by atoms with van der Waals surface area (Å²) in [6, 6.07) is 14.9. The van der Waals surface area contributed by atoms with Crippen molar-refractivity contribution >= 4 is 10.0 Å². The quantitative estimate of drug-likeness (QED) is 0.771. The van der Waals surface area contributed by atoms with Crippen molar-refractivity contribution in [2.75, 3.05) is 19.6 Å². The van der Waals surface area contributed by atoms with Gasteiger partial charge in [-0.2, -0.15) is 4.31 Å². The Bertz CT molecular complexity index is 929. The van der Waals surface area contributed by atoms with Gasteiger partial charge in [0.05, 0.1) is 4.90 Å². The van der Waals surface area contributed by atoms with Crippen molar-refractivity contribution in [3.8, 4) is 0 Å². The Hall–Kier alpha value is -1.69. The first-order valence-electron chi connectivity index (χ1n) is 10.2. The fourth-order valence-electron chi connectivity index (χ4n) is 4.69. The second-order valence-electron chi connectivity index (χ2n) is 8.41. The van der Waals surface area contributed by atoms with Crippen molar-refractivity contribution < 1.29 is 8.42 Å². The van der Waals surface area contributed by atoms with Crippen LogP contribution in [0.3, 0.4) is 0 Å². The molecule has 150 valence electrons. The van der Waals surface area contributed by atoms with Crippen LogP contribution in [0.4, 0.5) is 0 Å². The van der Waals surface area contributed by atoms with E-state index in [0.717, 1.165) is 36.2 Å². The minimum Gasteiger partial charge on any atom is -0.297 e. The lowest BCUT2D eigenvalue weighted by atomic mass is 10.0. The first kappa shape index (κ1) is 19.6. The van der Waals surface area contributed by atoms with E-state index in [1.807, 2.05) is 51.1 Å². The number of hydrogen-bond donors (Lipinski definition) is 0. The van der Waals surface area contributed by atoms with Crippen LogP contribution >= 0.6 is 0 Å². The number of nitrogens with zero attached hydrogens (tertiary/aromatic N) is 2. The van der Waals surface area contributed by atoms with Crippen molar-refractivity contribution in [3.63, 3.8) is 0 Å². The molecule has 1 aliphatic heterocycles. The minimum absolute atomic E-state index is 0.0261. The van der Waals surface area contributed by atoms with Crippen LogP contribution in [0.15, 0.2) is 47.4 Å². The SMILES string of the molecule is Cc1cc(C)c(S(=O)(=O)N2CCN(C3CC3)CC2Cc2ccccc2)c(C)c1. The molecule has 1 saturated heterocycles. The zero-order valence-corrected chi connectivity index (χ0v) is 17.9. The van der Waals surface area contributed by atoms with E-state index in [1.165, 1.54) is 18.4 Å². The Morgan fingerprint density at radius 3 is 2.21 bits per heavy atom. The minimum atomic E-state index is -3.53. The summed E-state index contributed by atoms with van der Waals surface area (Å²) in [7, 11) is -3.53. The summed E-state index contributed by atoms with van der Waals surface area (Å²) in [5.74, 6) is 0. The van der Waals surface area contributed by atoms with Crippen LogP contribution in [0.2, 0.25) is 0 Å². The number of aryl methyl sites for hydroxylation is 3. The van der Waals surface area contributed by atoms with Gasteiger partial charge in [-0.3, -0.25) is 4.90 Å². The molecule has 2 aromatic rings. The molecule has 2 fully saturated rings. The molecule has 2 aliphatic rings. The van der Waals surface area contributed by atoms with E-state index >= 15 is 0 Å². The summed E-state index contributed by atoms with van der Waals surface area (Å²) in [4.78, 5) is 2.99. The van der Waals surface area contributed by atoms with E-state index in [1.54, 1.807) is 4.31 Å². The van der Waals surface area contributed by atoms with Gasteiger partial charge in [0.1, 0.15) is 0 Å². The summed E-state index contributed by atoms with van der Waals surface area (Å²) < 4.78 is 29.3. The van der Waals surface area contributed by atoms with Gasteiger partial charge in [0, 0.05) is 31.7 Å². The first-order valence-corrected chi connectivity index (χ1v) is 11.7. The smallest absolute Gasteiger partial charge is 0.243 e. The molecule has 0 spiro atoms. The molecule has 2 aromatic carbocycles. The molecule has 0 aromatic heterocycles. The molecular weight excluding hydrogens is 368 g/mol. The van der Waals surface area contributed by atoms with E-state index < -0.39 is 10.0 Å². The molecule has 28 heavy (non-hydrogen) atoms. The normalized spacial score (nSPS) is 21.8. The van der Waals surface area contributed by atoms with Gasteiger partial charge in [0.25, 0.3) is 0 Å². The maximum atomic E-state index is 13.7. The van der Waals surface area contributed by atoms with E-state index in [0.29, 0.717) is 17.5 Å². The van der Waals surface area contributed by atoms with Crippen LogP contribution in [0, 0.1) is 20.8 Å². The van der Waals surface area contributed by atoms with Crippen molar-refractivity contribution in [3.05, 3.63) is 64.7 Å². The maximum absolute atomic E-state index is 13.7. The van der Waals surface area contributed by atoms with Crippen molar-refractivity contribution in [2.24, 2.45) is 0 Å². The molecule has 1 unspecified atom stereocenters. The molecule has 1 atom stereocenters. The number of piperazine rings is 1. The molecule has 0 amide bonds. The van der Waals surface area contributed by atoms with E-state index in [-0.39, 0.29) is 6.04 Å². The van der Waals surface area contributed by atoms with E-state index in [9.17, 15) is 8.42 Å². The Morgan fingerprint density at radius 2 is 1.61 bits per heavy atom. The maximum Gasteiger partial charge on any atom is 0.243 e. The van der Waals surface area contributed by atoms with Crippen LogP contribution in [-0.2, 0) is 16.4 Å². The fraction of sp³-hybridized carbons (Fsp3) is 0.478. The lowest BCUT2D eigenvalue weighted by Gasteiger charge is -2.41. The molecule has 4 nitrogen and oxygen atoms in total. The zero-order chi connectivity index (χ0) is 19.9. The van der Waals surface area contributed by atoms with Crippen molar-refractivity contribution in [2.45, 2.75) is 57.0 Å². The zero-order valence-electron chi connectivity index (χ0n) is 17.1. The highest BCUT2D eigenvalue weighted by Gasteiger charge is 2.41. The second kappa shape index (κ2) is 7.62. The Labute approximate surface area is 169 Å². The molecule has 0 N–H and O–H groups in total. The monoisotopic (exact) mass is 398 g/mol. The lowest BCUT2D eigenvalue weighted by Crippen LogP contribution is -2.56. The second-order valence-corrected chi connectivity index (χ2v) is 10.2. The Balaban J connectivity index is 1.68. The molecule has 0 radical (unpaired) electrons. The molecule has 0 bridgehead atoms. The van der Waals surface area contributed by atoms with E-state index in [4.69, 9.17) is 0 Å². The average molecular weight is 399 g/mol. The highest BCUT2D eigenvalue weighted by Crippen LogP contribution is 2.33. The van der Waals surface area contributed by atoms with Gasteiger partial charge in [-0.05, 0) is 56.7 Å². The van der Waals surface area contributed by atoms with Crippen molar-refractivity contribution in [1.29, 1.82) is 0 Å². The van der Waals surface area contributed by atoms with E-state index in [2.05, 4.69) is 17.0 Å². The largest absolute Gasteiger partial charge is 0.297 e. The Kier molecular flexibility index (Phi) is 5.34. The molecule has 5 heteroatoms. The number of benzene rings is 2. The third kappa shape index (κ3) is 3.88. The highest BCUT2D eigenvalue weighted by atomic mass is 32.2. The van der Waals surface area contributed by atoms with Crippen LogP contribution < -0.4 is 0 Å². The molecular formula is C23H30N2O2S. The predicted octanol–water partition coefficient (Wildman–Crippen LogP) is 3.69. The Morgan fingerprint density at radius 1 is 0.964 bits per heavy atom. The van der Waals surface area contributed by atoms with Crippen LogP contribution in [0.25, 0.3) is 0 Å². The summed E-state index contributed by atoms with van der Waals surface area (Å²) in [5, 5.41) is 0. The third-order valence-corrected chi connectivity index (χ3v) is 8.27. The molecule has 4 rings (SSSR count). The molecule has 1 aliphatic carbocycles. The van der Waals surface area contributed by atoms with Crippen LogP contribution in [0.5, 0.6) is 0 Å². The summed E-state index contributed by atoms with van der Waals surface area (Å²) in [6.07, 6.45) is 3.26. The van der Waals surface area contributed by atoms with Gasteiger partial charge >= 0.3 is 0 Å². The van der Waals surface area contributed by atoms with Gasteiger partial charge in [0.15, 0.2) is 0 Å². The average Bonchev–Trinajstić information content (AvgIpc) is 3.46. The fourth-order valence-corrected chi connectivity index (χ4v) is 6.72.